The Morgan fingerprint density at radius 1 is 0.857 bits per heavy atom. The molecule has 0 aliphatic heterocycles. The number of nitrogens with zero attached hydrogens (tertiary/aromatic N) is 1. The number of guanidine groups is 1. The van der Waals surface area contributed by atoms with Gasteiger partial charge in [0.1, 0.15) is 24.2 Å². The molecule has 0 fully saturated rings. The van der Waals surface area contributed by atoms with Gasteiger partial charge in [-0.05, 0) is 32.1 Å². The van der Waals surface area contributed by atoms with Crippen molar-refractivity contribution in [1.29, 1.82) is 0 Å². The molecular formula is C20H37N7O8. The van der Waals surface area contributed by atoms with Crippen LogP contribution in [-0.2, 0) is 24.0 Å². The van der Waals surface area contributed by atoms with Crippen LogP contribution in [0.3, 0.4) is 0 Å². The van der Waals surface area contributed by atoms with Crippen LogP contribution >= 0.6 is 0 Å². The van der Waals surface area contributed by atoms with E-state index in [2.05, 4.69) is 20.9 Å². The minimum atomic E-state index is -1.63. The van der Waals surface area contributed by atoms with E-state index in [1.807, 2.05) is 0 Å². The highest BCUT2D eigenvalue weighted by Gasteiger charge is 2.32. The molecule has 0 saturated carbocycles. The van der Waals surface area contributed by atoms with Crippen molar-refractivity contribution in [3.8, 4) is 0 Å². The molecule has 0 aromatic rings. The topological polar surface area (TPSA) is 273 Å². The zero-order valence-corrected chi connectivity index (χ0v) is 20.1. The summed E-state index contributed by atoms with van der Waals surface area (Å²) < 4.78 is 0. The van der Waals surface area contributed by atoms with E-state index in [0.717, 1.165) is 0 Å². The molecule has 0 radical (unpaired) electrons. The van der Waals surface area contributed by atoms with E-state index >= 15 is 0 Å². The lowest BCUT2D eigenvalue weighted by Crippen LogP contribution is -2.58. The van der Waals surface area contributed by atoms with Crippen LogP contribution in [0.1, 0.15) is 46.5 Å². The summed E-state index contributed by atoms with van der Waals surface area (Å²) in [5.41, 5.74) is 16.1. The third-order valence-corrected chi connectivity index (χ3v) is 4.73. The Morgan fingerprint density at radius 3 is 1.83 bits per heavy atom. The molecular weight excluding hydrogens is 466 g/mol. The van der Waals surface area contributed by atoms with Crippen molar-refractivity contribution in [3.05, 3.63) is 0 Å². The monoisotopic (exact) mass is 503 g/mol. The maximum atomic E-state index is 12.9. The number of aliphatic hydroxyl groups excluding tert-OH is 1. The minimum Gasteiger partial charge on any atom is -0.481 e. The Balaban J connectivity index is 5.63. The van der Waals surface area contributed by atoms with Crippen LogP contribution in [0.4, 0.5) is 0 Å². The van der Waals surface area contributed by atoms with Gasteiger partial charge in [-0.15, -0.1) is 0 Å². The molecule has 15 nitrogen and oxygen atoms in total. The van der Waals surface area contributed by atoms with Gasteiger partial charge in [-0.25, -0.2) is 4.79 Å². The first kappa shape index (κ1) is 31.5. The molecule has 0 rings (SSSR count). The van der Waals surface area contributed by atoms with Crippen LogP contribution in [0.15, 0.2) is 4.99 Å². The van der Waals surface area contributed by atoms with Gasteiger partial charge in [-0.3, -0.25) is 24.2 Å². The van der Waals surface area contributed by atoms with Crippen LogP contribution in [-0.4, -0.2) is 87.8 Å². The summed E-state index contributed by atoms with van der Waals surface area (Å²) in [6, 6.07) is -5.56. The highest BCUT2D eigenvalue weighted by atomic mass is 16.4. The average molecular weight is 504 g/mol. The second-order valence-corrected chi connectivity index (χ2v) is 8.46. The summed E-state index contributed by atoms with van der Waals surface area (Å²) in [4.78, 5) is 64.3. The highest BCUT2D eigenvalue weighted by Crippen LogP contribution is 2.07. The summed E-state index contributed by atoms with van der Waals surface area (Å²) in [6.07, 6.45) is -1.79. The van der Waals surface area contributed by atoms with Gasteiger partial charge in [0, 0.05) is 6.54 Å². The van der Waals surface area contributed by atoms with Crippen LogP contribution in [0.25, 0.3) is 0 Å². The Morgan fingerprint density at radius 2 is 1.37 bits per heavy atom. The lowest BCUT2D eigenvalue weighted by molar-refractivity contribution is -0.144. The van der Waals surface area contributed by atoms with Gasteiger partial charge in [0.15, 0.2) is 5.96 Å². The number of carboxylic acids is 2. The van der Waals surface area contributed by atoms with E-state index in [4.69, 9.17) is 17.2 Å². The van der Waals surface area contributed by atoms with Gasteiger partial charge < -0.3 is 48.5 Å². The first-order chi connectivity index (χ1) is 16.1. The summed E-state index contributed by atoms with van der Waals surface area (Å²) in [5, 5.41) is 34.9. The molecule has 5 atom stereocenters. The van der Waals surface area contributed by atoms with Crippen molar-refractivity contribution in [1.82, 2.24) is 16.0 Å². The molecule has 0 spiro atoms. The smallest absolute Gasteiger partial charge is 0.326 e. The fraction of sp³-hybridized carbons (Fsp3) is 0.700. The van der Waals surface area contributed by atoms with Gasteiger partial charge >= 0.3 is 11.9 Å². The molecule has 0 aliphatic rings. The molecule has 0 aliphatic carbocycles. The maximum absolute atomic E-state index is 12.9. The molecule has 35 heavy (non-hydrogen) atoms. The van der Waals surface area contributed by atoms with Crippen molar-refractivity contribution in [2.75, 3.05) is 6.54 Å². The Labute approximate surface area is 202 Å². The lowest BCUT2D eigenvalue weighted by atomic mass is 10.0. The molecule has 3 amide bonds. The molecule has 15 heteroatoms. The Kier molecular flexibility index (Phi) is 13.9. The van der Waals surface area contributed by atoms with Crippen molar-refractivity contribution in [2.45, 2.75) is 76.7 Å². The van der Waals surface area contributed by atoms with Crippen LogP contribution in [0.2, 0.25) is 0 Å². The molecule has 0 aromatic carbocycles. The van der Waals surface area contributed by atoms with Crippen molar-refractivity contribution >= 4 is 35.6 Å². The van der Waals surface area contributed by atoms with Crippen molar-refractivity contribution in [3.63, 3.8) is 0 Å². The summed E-state index contributed by atoms with van der Waals surface area (Å²) in [7, 11) is 0. The number of rotatable bonds is 16. The molecule has 5 unspecified atom stereocenters. The van der Waals surface area contributed by atoms with E-state index in [1.165, 1.54) is 6.92 Å². The number of carbonyl (C=O) groups excluding carboxylic acids is 3. The summed E-state index contributed by atoms with van der Waals surface area (Å²) in [6.45, 7) is 4.87. The molecule has 0 bridgehead atoms. The van der Waals surface area contributed by atoms with Gasteiger partial charge in [0.05, 0.1) is 12.5 Å². The number of amides is 3. The van der Waals surface area contributed by atoms with Gasteiger partial charge in [0.25, 0.3) is 0 Å². The van der Waals surface area contributed by atoms with E-state index < -0.39 is 66.4 Å². The molecule has 200 valence electrons. The number of carboxylic acid groups (broad SMARTS) is 2. The average Bonchev–Trinajstić information content (AvgIpc) is 2.72. The summed E-state index contributed by atoms with van der Waals surface area (Å²) in [5.74, 6) is -5.80. The van der Waals surface area contributed by atoms with E-state index in [1.54, 1.807) is 13.8 Å². The summed E-state index contributed by atoms with van der Waals surface area (Å²) >= 11 is 0. The zero-order valence-electron chi connectivity index (χ0n) is 20.1. The lowest BCUT2D eigenvalue weighted by Gasteiger charge is -2.25. The van der Waals surface area contributed by atoms with Gasteiger partial charge in [0.2, 0.25) is 17.7 Å². The molecule has 12 N–H and O–H groups in total. The predicted octanol–water partition coefficient (Wildman–Crippen LogP) is -3.19. The number of nitrogens with two attached hydrogens (primary N) is 3. The van der Waals surface area contributed by atoms with E-state index in [-0.39, 0.29) is 37.7 Å². The number of aliphatic hydroxyl groups is 1. The normalized spacial score (nSPS) is 15.1. The standard InChI is InChI=1S/C20H37N7O8/c1-9(2)7-13(19(34)35)27-17(32)12(8-14(29)30)26-16(31)11(5-4-6-24-20(22)23)25-18(33)15(21)10(3)28/h9-13,15,28H,4-8,21H2,1-3H3,(H,25,33)(H,26,31)(H,27,32)(H,29,30)(H,34,35)(H4,22,23,24). The first-order valence-electron chi connectivity index (χ1n) is 11.0. The maximum Gasteiger partial charge on any atom is 0.326 e. The Bertz CT molecular complexity index is 783. The number of nitrogens with one attached hydrogen (secondary N) is 3. The van der Waals surface area contributed by atoms with Crippen LogP contribution in [0.5, 0.6) is 0 Å². The SMILES string of the molecule is CC(C)CC(NC(=O)C(CC(=O)O)NC(=O)C(CCCN=C(N)N)NC(=O)C(N)C(C)O)C(=O)O. The molecule has 0 heterocycles. The van der Waals surface area contributed by atoms with Crippen LogP contribution in [0, 0.1) is 5.92 Å². The van der Waals surface area contributed by atoms with Crippen LogP contribution < -0.4 is 33.2 Å². The molecule has 0 aromatic heterocycles. The third kappa shape index (κ3) is 13.1. The van der Waals surface area contributed by atoms with E-state index in [0.29, 0.717) is 0 Å². The number of hydrogen-bond acceptors (Lipinski definition) is 8. The number of carbonyl (C=O) groups is 5. The number of hydrogen-bond donors (Lipinski definition) is 9. The fourth-order valence-corrected chi connectivity index (χ4v) is 2.88. The second-order valence-electron chi connectivity index (χ2n) is 8.46. The molecule has 0 saturated heterocycles. The van der Waals surface area contributed by atoms with Gasteiger partial charge in [-0.1, -0.05) is 13.8 Å². The minimum absolute atomic E-state index is 0.0204. The largest absolute Gasteiger partial charge is 0.481 e. The first-order valence-corrected chi connectivity index (χ1v) is 11.0. The quantitative estimate of drug-likeness (QED) is 0.0574. The zero-order chi connectivity index (χ0) is 27.3. The number of aliphatic imine (C=N–C) groups is 1. The third-order valence-electron chi connectivity index (χ3n) is 4.73. The van der Waals surface area contributed by atoms with E-state index in [9.17, 15) is 39.3 Å². The number of aliphatic carboxylic acids is 2. The second kappa shape index (κ2) is 15.4. The Hall–Kier alpha value is -3.46. The highest BCUT2D eigenvalue weighted by molar-refractivity contribution is 5.95. The van der Waals surface area contributed by atoms with Crippen molar-refractivity contribution < 1.29 is 39.3 Å². The fourth-order valence-electron chi connectivity index (χ4n) is 2.88. The predicted molar refractivity (Wildman–Crippen MR) is 125 cm³/mol. The van der Waals surface area contributed by atoms with Crippen molar-refractivity contribution in [2.24, 2.45) is 28.1 Å². The van der Waals surface area contributed by atoms with Gasteiger partial charge in [-0.2, -0.15) is 0 Å².